The van der Waals surface area contributed by atoms with Crippen molar-refractivity contribution in [1.29, 1.82) is 0 Å². The third kappa shape index (κ3) is 4.66. The van der Waals surface area contributed by atoms with Gasteiger partial charge in [-0.15, -0.1) is 0 Å². The van der Waals surface area contributed by atoms with E-state index in [0.717, 1.165) is 0 Å². The van der Waals surface area contributed by atoms with Gasteiger partial charge in [0.1, 0.15) is 12.0 Å². The van der Waals surface area contributed by atoms with E-state index in [-0.39, 0.29) is 46.1 Å². The number of pyridine rings is 1. The molecule has 0 spiro atoms. The fourth-order valence-electron chi connectivity index (χ4n) is 4.44. The van der Waals surface area contributed by atoms with Gasteiger partial charge in [0.25, 0.3) is 15.6 Å². The number of nitrogens with zero attached hydrogens (tertiary/aromatic N) is 2. The van der Waals surface area contributed by atoms with Crippen LogP contribution in [-0.4, -0.2) is 31.3 Å². The zero-order valence-corrected chi connectivity index (χ0v) is 20.7. The van der Waals surface area contributed by atoms with Crippen molar-refractivity contribution in [3.05, 3.63) is 75.9 Å². The predicted octanol–water partition coefficient (Wildman–Crippen LogP) is 5.50. The van der Waals surface area contributed by atoms with E-state index in [1.165, 1.54) is 60.5 Å². The number of aromatic nitrogens is 2. The molecule has 0 unspecified atom stereocenters. The van der Waals surface area contributed by atoms with Crippen molar-refractivity contribution >= 4 is 38.5 Å². The summed E-state index contributed by atoms with van der Waals surface area (Å²) in [5, 5.41) is 0.629. The molecule has 0 amide bonds. The third-order valence-electron chi connectivity index (χ3n) is 6.41. The van der Waals surface area contributed by atoms with E-state index in [1.807, 2.05) is 0 Å². The van der Waals surface area contributed by atoms with Gasteiger partial charge in [0.2, 0.25) is 0 Å². The summed E-state index contributed by atoms with van der Waals surface area (Å²) in [5.41, 5.74) is 0.712. The number of ether oxygens (including phenoxy) is 1. The maximum atomic E-state index is 13.0. The first kappa shape index (κ1) is 25.2. The lowest BCUT2D eigenvalue weighted by molar-refractivity contribution is -0.197. The smallest absolute Gasteiger partial charge is 0.391 e. The van der Waals surface area contributed by atoms with Crippen LogP contribution in [0.2, 0.25) is 5.02 Å². The van der Waals surface area contributed by atoms with Crippen molar-refractivity contribution in [1.82, 2.24) is 9.55 Å². The molecule has 37 heavy (non-hydrogen) atoms. The van der Waals surface area contributed by atoms with E-state index in [2.05, 4.69) is 9.71 Å². The van der Waals surface area contributed by atoms with E-state index in [0.29, 0.717) is 16.5 Å². The first-order chi connectivity index (χ1) is 17.5. The van der Waals surface area contributed by atoms with Gasteiger partial charge in [-0.25, -0.2) is 18.1 Å². The number of nitrogens with one attached hydrogen (secondary N) is 1. The lowest BCUT2D eigenvalue weighted by atomic mass is 9.71. The number of alkyl halides is 3. The first-order valence-electron chi connectivity index (χ1n) is 11.0. The maximum absolute atomic E-state index is 13.0. The minimum atomic E-state index is -4.25. The zero-order chi connectivity index (χ0) is 26.5. The van der Waals surface area contributed by atoms with Crippen LogP contribution in [0, 0.1) is 5.92 Å². The molecule has 1 N–H and O–H groups in total. The van der Waals surface area contributed by atoms with Gasteiger partial charge in [0.05, 0.1) is 35.3 Å². The summed E-state index contributed by atoms with van der Waals surface area (Å²) in [6, 6.07) is 9.74. The normalized spacial score (nSPS) is 18.0. The topological polar surface area (TPSA) is 103 Å². The molecule has 0 bridgehead atoms. The predicted molar refractivity (Wildman–Crippen MR) is 130 cm³/mol. The van der Waals surface area contributed by atoms with E-state index in [4.69, 9.17) is 20.8 Å². The molecule has 8 nitrogen and oxygen atoms in total. The molecular weight excluding hydrogens is 535 g/mol. The standard InChI is InChI=1S/C24H19ClF3N3O5S/c1-35-21-11-17(14-8-15(9-14)24(26,27)28)18(25)12-20(21)31-19-4-3-16(10-13(19)2-5-22(31)32)37(33,34)30-23-29-6-7-36-23/h2-7,10-12,14-15H,8-9H2,1H3,(H,29,30)/t14-,15-. The number of sulfonamides is 1. The number of oxazole rings is 1. The van der Waals surface area contributed by atoms with Crippen LogP contribution in [0.4, 0.5) is 19.2 Å². The average molecular weight is 554 g/mol. The largest absolute Gasteiger partial charge is 0.495 e. The maximum Gasteiger partial charge on any atom is 0.391 e. The second-order valence-corrected chi connectivity index (χ2v) is 10.7. The Hall–Kier alpha value is -3.51. The Morgan fingerprint density at radius 3 is 2.57 bits per heavy atom. The molecule has 2 heterocycles. The number of fused-ring (bicyclic) bond motifs is 1. The zero-order valence-electron chi connectivity index (χ0n) is 19.1. The molecule has 1 fully saturated rings. The summed E-state index contributed by atoms with van der Waals surface area (Å²) in [6.07, 6.45) is -1.88. The Morgan fingerprint density at radius 2 is 1.92 bits per heavy atom. The number of benzene rings is 2. The van der Waals surface area contributed by atoms with Crippen LogP contribution in [0.15, 0.2) is 69.0 Å². The van der Waals surface area contributed by atoms with E-state index < -0.39 is 27.7 Å². The number of rotatable bonds is 6. The molecule has 4 aromatic rings. The van der Waals surface area contributed by atoms with Crippen molar-refractivity contribution in [2.24, 2.45) is 5.92 Å². The number of methoxy groups -OCH3 is 1. The van der Waals surface area contributed by atoms with E-state index in [1.54, 1.807) is 6.07 Å². The Labute approximate surface area is 213 Å². The van der Waals surface area contributed by atoms with Crippen molar-refractivity contribution in [3.8, 4) is 11.4 Å². The minimum Gasteiger partial charge on any atom is -0.495 e. The molecule has 2 aromatic heterocycles. The third-order valence-corrected chi connectivity index (χ3v) is 8.06. The molecule has 5 rings (SSSR count). The summed E-state index contributed by atoms with van der Waals surface area (Å²) in [5.74, 6) is -1.51. The molecular formula is C24H19ClF3N3O5S. The van der Waals surface area contributed by atoms with Crippen LogP contribution in [0.1, 0.15) is 24.3 Å². The highest BCUT2D eigenvalue weighted by atomic mass is 35.5. The van der Waals surface area contributed by atoms with Crippen molar-refractivity contribution in [3.63, 3.8) is 0 Å². The van der Waals surface area contributed by atoms with Crippen molar-refractivity contribution in [2.45, 2.75) is 29.8 Å². The summed E-state index contributed by atoms with van der Waals surface area (Å²) in [7, 11) is -2.65. The molecule has 1 aliphatic rings. The van der Waals surface area contributed by atoms with Gasteiger partial charge < -0.3 is 9.15 Å². The van der Waals surface area contributed by atoms with Crippen molar-refractivity contribution < 1.29 is 30.7 Å². The SMILES string of the molecule is COc1cc([C@H]2C[C@H](C(F)(F)F)C2)c(Cl)cc1-n1c(=O)ccc2cc(S(=O)(=O)Nc3ncco3)ccc21. The second kappa shape index (κ2) is 9.10. The summed E-state index contributed by atoms with van der Waals surface area (Å²) in [4.78, 5) is 16.6. The monoisotopic (exact) mass is 553 g/mol. The highest BCUT2D eigenvalue weighted by Gasteiger charge is 2.48. The lowest BCUT2D eigenvalue weighted by Gasteiger charge is -2.37. The quantitative estimate of drug-likeness (QED) is 0.338. The van der Waals surface area contributed by atoms with Crippen LogP contribution >= 0.6 is 11.6 Å². The number of anilines is 1. The highest BCUT2D eigenvalue weighted by Crippen LogP contribution is 2.51. The molecule has 0 aliphatic heterocycles. The summed E-state index contributed by atoms with van der Waals surface area (Å²) in [6.45, 7) is 0. The van der Waals surface area contributed by atoms with Crippen LogP contribution in [0.25, 0.3) is 16.6 Å². The van der Waals surface area contributed by atoms with Gasteiger partial charge in [0.15, 0.2) is 0 Å². The molecule has 0 radical (unpaired) electrons. The first-order valence-corrected chi connectivity index (χ1v) is 12.9. The van der Waals surface area contributed by atoms with Crippen LogP contribution in [-0.2, 0) is 10.0 Å². The fraction of sp³-hybridized carbons (Fsp3) is 0.250. The lowest BCUT2D eigenvalue weighted by Crippen LogP contribution is -2.34. The number of hydrogen-bond acceptors (Lipinski definition) is 6. The molecule has 194 valence electrons. The van der Waals surface area contributed by atoms with Gasteiger partial charge in [-0.2, -0.15) is 13.2 Å². The Balaban J connectivity index is 1.55. The summed E-state index contributed by atoms with van der Waals surface area (Å²) >= 11 is 6.48. The van der Waals surface area contributed by atoms with E-state index in [9.17, 15) is 26.4 Å². The molecule has 1 aliphatic carbocycles. The van der Waals surface area contributed by atoms with Gasteiger partial charge in [-0.3, -0.25) is 9.36 Å². The second-order valence-electron chi connectivity index (χ2n) is 8.62. The van der Waals surface area contributed by atoms with Gasteiger partial charge in [-0.05, 0) is 60.7 Å². The molecule has 0 atom stereocenters. The molecule has 13 heteroatoms. The van der Waals surface area contributed by atoms with Gasteiger partial charge >= 0.3 is 12.2 Å². The van der Waals surface area contributed by atoms with Gasteiger partial charge in [0, 0.05) is 16.5 Å². The van der Waals surface area contributed by atoms with Crippen LogP contribution in [0.3, 0.4) is 0 Å². The average Bonchev–Trinajstić information content (AvgIpc) is 3.30. The number of hydrogen-bond donors (Lipinski definition) is 1. The fourth-order valence-corrected chi connectivity index (χ4v) is 5.73. The Morgan fingerprint density at radius 1 is 1.16 bits per heavy atom. The van der Waals surface area contributed by atoms with Crippen LogP contribution in [0.5, 0.6) is 5.75 Å². The van der Waals surface area contributed by atoms with Crippen LogP contribution < -0.4 is 15.0 Å². The summed E-state index contributed by atoms with van der Waals surface area (Å²) < 4.78 is 78.3. The molecule has 0 saturated heterocycles. The van der Waals surface area contributed by atoms with E-state index >= 15 is 0 Å². The van der Waals surface area contributed by atoms with Gasteiger partial charge in [-0.1, -0.05) is 11.6 Å². The minimum absolute atomic E-state index is 0.0707. The molecule has 1 saturated carbocycles. The Kier molecular flexibility index (Phi) is 6.19. The van der Waals surface area contributed by atoms with Crippen molar-refractivity contribution in [2.75, 3.05) is 11.8 Å². The number of halogens is 4. The Bertz CT molecular complexity index is 1650. The highest BCUT2D eigenvalue weighted by molar-refractivity contribution is 7.92. The molecule has 2 aromatic carbocycles.